The monoisotopic (exact) mass is 361 g/mol. The van der Waals surface area contributed by atoms with E-state index in [-0.39, 0.29) is 29.8 Å². The summed E-state index contributed by atoms with van der Waals surface area (Å²) < 4.78 is 23.9. The van der Waals surface area contributed by atoms with Crippen LogP contribution in [-0.2, 0) is 13.0 Å². The number of halogens is 1. The Morgan fingerprint density at radius 3 is 3.00 bits per heavy atom. The van der Waals surface area contributed by atoms with Gasteiger partial charge in [0.1, 0.15) is 6.26 Å². The first-order valence-corrected chi connectivity index (χ1v) is 8.50. The Morgan fingerprint density at radius 1 is 1.40 bits per heavy atom. The highest BCUT2D eigenvalue weighted by molar-refractivity contribution is 7.09. The van der Waals surface area contributed by atoms with Gasteiger partial charge < -0.3 is 14.5 Å². The van der Waals surface area contributed by atoms with E-state index in [4.69, 9.17) is 9.15 Å². The van der Waals surface area contributed by atoms with Gasteiger partial charge in [0.15, 0.2) is 23.9 Å². The van der Waals surface area contributed by atoms with Crippen molar-refractivity contribution in [2.24, 2.45) is 0 Å². The van der Waals surface area contributed by atoms with Crippen LogP contribution in [0.25, 0.3) is 0 Å². The Hall–Kier alpha value is -2.74. The van der Waals surface area contributed by atoms with Crippen LogP contribution in [0.3, 0.4) is 0 Å². The highest BCUT2D eigenvalue weighted by atomic mass is 32.1. The molecular weight excluding hydrogens is 345 g/mol. The third-order valence-electron chi connectivity index (χ3n) is 3.45. The minimum absolute atomic E-state index is 0.0612. The normalized spacial score (nSPS) is 10.6. The molecule has 0 aliphatic rings. The summed E-state index contributed by atoms with van der Waals surface area (Å²) in [5.74, 6) is -0.494. The van der Waals surface area contributed by atoms with Crippen molar-refractivity contribution < 1.29 is 18.3 Å². The summed E-state index contributed by atoms with van der Waals surface area (Å²) in [6.45, 7) is 2.36. The molecule has 0 saturated carbocycles. The molecule has 0 unspecified atom stereocenters. The Kier molecular flexibility index (Phi) is 5.39. The first kappa shape index (κ1) is 17.1. The van der Waals surface area contributed by atoms with Gasteiger partial charge in [-0.25, -0.2) is 14.4 Å². The third kappa shape index (κ3) is 4.42. The predicted octanol–water partition coefficient (Wildman–Crippen LogP) is 3.13. The van der Waals surface area contributed by atoms with Crippen LogP contribution in [0, 0.1) is 12.7 Å². The number of thiazole rings is 1. The molecule has 1 N–H and O–H groups in total. The Morgan fingerprint density at radius 2 is 2.24 bits per heavy atom. The van der Waals surface area contributed by atoms with Gasteiger partial charge in [0, 0.05) is 17.8 Å². The molecule has 0 spiro atoms. The van der Waals surface area contributed by atoms with Gasteiger partial charge in [0.05, 0.1) is 11.2 Å². The summed E-state index contributed by atoms with van der Waals surface area (Å²) in [5.41, 5.74) is 2.92. The fourth-order valence-electron chi connectivity index (χ4n) is 2.13. The zero-order valence-corrected chi connectivity index (χ0v) is 14.3. The first-order chi connectivity index (χ1) is 12.1. The molecule has 0 fully saturated rings. The van der Waals surface area contributed by atoms with Crippen molar-refractivity contribution >= 4 is 17.2 Å². The highest BCUT2D eigenvalue weighted by Gasteiger charge is 2.13. The maximum Gasteiger partial charge on any atom is 0.273 e. The minimum atomic E-state index is -0.467. The number of hydrogen-bond donors (Lipinski definition) is 1. The molecule has 3 rings (SSSR count). The SMILES string of the molecule is Cc1ncsc1CCNC(=O)c1coc(COc2ccccc2F)n1. The number of amides is 1. The van der Waals surface area contributed by atoms with Crippen LogP contribution in [0.4, 0.5) is 4.39 Å². The molecule has 0 aliphatic heterocycles. The van der Waals surface area contributed by atoms with Gasteiger partial charge in [0.25, 0.3) is 5.91 Å². The molecule has 6 nitrogen and oxygen atoms in total. The number of benzene rings is 1. The molecule has 2 aromatic heterocycles. The van der Waals surface area contributed by atoms with Crippen molar-refractivity contribution in [3.05, 3.63) is 64.0 Å². The second-order valence-electron chi connectivity index (χ2n) is 5.21. The smallest absolute Gasteiger partial charge is 0.273 e. The maximum absolute atomic E-state index is 13.5. The van der Waals surface area contributed by atoms with Crippen LogP contribution >= 0.6 is 11.3 Å². The molecule has 2 heterocycles. The van der Waals surface area contributed by atoms with Gasteiger partial charge in [0.2, 0.25) is 5.89 Å². The summed E-state index contributed by atoms with van der Waals surface area (Å²) in [5, 5.41) is 2.78. The maximum atomic E-state index is 13.5. The summed E-state index contributed by atoms with van der Waals surface area (Å²) >= 11 is 1.56. The number of aryl methyl sites for hydroxylation is 1. The number of carbonyl (C=O) groups excluding carboxylic acids is 1. The van der Waals surface area contributed by atoms with Gasteiger partial charge in [-0.05, 0) is 19.1 Å². The van der Waals surface area contributed by atoms with E-state index in [0.29, 0.717) is 13.0 Å². The number of aromatic nitrogens is 2. The molecule has 0 atom stereocenters. The van der Waals surface area contributed by atoms with E-state index >= 15 is 0 Å². The number of rotatable bonds is 7. The minimum Gasteiger partial charge on any atom is -0.481 e. The molecule has 8 heteroatoms. The number of para-hydroxylation sites is 1. The number of nitrogens with one attached hydrogen (secondary N) is 1. The van der Waals surface area contributed by atoms with E-state index in [1.165, 1.54) is 18.4 Å². The van der Waals surface area contributed by atoms with E-state index in [1.807, 2.05) is 6.92 Å². The van der Waals surface area contributed by atoms with Gasteiger partial charge >= 0.3 is 0 Å². The van der Waals surface area contributed by atoms with Crippen molar-refractivity contribution in [2.75, 3.05) is 6.54 Å². The number of nitrogens with zero attached hydrogens (tertiary/aromatic N) is 2. The van der Waals surface area contributed by atoms with Crippen LogP contribution < -0.4 is 10.1 Å². The molecule has 0 bridgehead atoms. The van der Waals surface area contributed by atoms with Crippen LogP contribution in [0.15, 0.2) is 40.5 Å². The third-order valence-corrected chi connectivity index (χ3v) is 4.45. The van der Waals surface area contributed by atoms with Gasteiger partial charge in [-0.15, -0.1) is 11.3 Å². The average Bonchev–Trinajstić information content (AvgIpc) is 3.24. The molecule has 1 aromatic carbocycles. The van der Waals surface area contributed by atoms with E-state index in [1.54, 1.807) is 29.0 Å². The highest BCUT2D eigenvalue weighted by Crippen LogP contribution is 2.17. The average molecular weight is 361 g/mol. The molecular formula is C17H16FN3O3S. The van der Waals surface area contributed by atoms with Gasteiger partial charge in [-0.3, -0.25) is 4.79 Å². The quantitative estimate of drug-likeness (QED) is 0.700. The lowest BCUT2D eigenvalue weighted by atomic mass is 10.3. The van der Waals surface area contributed by atoms with E-state index in [2.05, 4.69) is 15.3 Å². The topological polar surface area (TPSA) is 77.2 Å². The summed E-state index contributed by atoms with van der Waals surface area (Å²) in [7, 11) is 0. The number of oxazole rings is 1. The van der Waals surface area contributed by atoms with Crippen LogP contribution in [0.2, 0.25) is 0 Å². The largest absolute Gasteiger partial charge is 0.481 e. The summed E-state index contributed by atoms with van der Waals surface area (Å²) in [6.07, 6.45) is 1.97. The van der Waals surface area contributed by atoms with Crippen molar-refractivity contribution in [1.29, 1.82) is 0 Å². The molecule has 0 saturated heterocycles. The lowest BCUT2D eigenvalue weighted by molar-refractivity contribution is 0.0949. The number of hydrogen-bond acceptors (Lipinski definition) is 6. The lowest BCUT2D eigenvalue weighted by Crippen LogP contribution is -2.26. The Bertz CT molecular complexity index is 862. The Balaban J connectivity index is 1.49. The fourth-order valence-corrected chi connectivity index (χ4v) is 2.91. The van der Waals surface area contributed by atoms with Crippen molar-refractivity contribution in [1.82, 2.24) is 15.3 Å². The van der Waals surface area contributed by atoms with E-state index in [9.17, 15) is 9.18 Å². The Labute approximate surface area is 147 Å². The lowest BCUT2D eigenvalue weighted by Gasteiger charge is -2.03. The second kappa shape index (κ2) is 7.89. The van der Waals surface area contributed by atoms with Crippen LogP contribution in [-0.4, -0.2) is 22.4 Å². The zero-order valence-electron chi connectivity index (χ0n) is 13.5. The standard InChI is InChI=1S/C17H16FN3O3S/c1-11-15(25-10-20-11)6-7-19-17(22)13-8-24-16(21-13)9-23-14-5-3-2-4-12(14)18/h2-5,8,10H,6-7,9H2,1H3,(H,19,22). The molecule has 0 aliphatic carbocycles. The zero-order chi connectivity index (χ0) is 17.6. The number of carbonyl (C=O) groups is 1. The van der Waals surface area contributed by atoms with E-state index in [0.717, 1.165) is 10.6 Å². The van der Waals surface area contributed by atoms with E-state index < -0.39 is 5.82 Å². The first-order valence-electron chi connectivity index (χ1n) is 7.62. The van der Waals surface area contributed by atoms with Crippen LogP contribution in [0.1, 0.15) is 27.0 Å². The summed E-state index contributed by atoms with van der Waals surface area (Å²) in [4.78, 5) is 21.4. The molecule has 0 radical (unpaired) electrons. The molecule has 25 heavy (non-hydrogen) atoms. The fraction of sp³-hybridized carbons (Fsp3) is 0.235. The molecule has 1 amide bonds. The van der Waals surface area contributed by atoms with Crippen molar-refractivity contribution in [3.8, 4) is 5.75 Å². The van der Waals surface area contributed by atoms with Crippen molar-refractivity contribution in [3.63, 3.8) is 0 Å². The second-order valence-corrected chi connectivity index (χ2v) is 6.15. The number of ether oxygens (including phenoxy) is 1. The van der Waals surface area contributed by atoms with Gasteiger partial charge in [-0.1, -0.05) is 12.1 Å². The van der Waals surface area contributed by atoms with Crippen molar-refractivity contribution in [2.45, 2.75) is 20.0 Å². The van der Waals surface area contributed by atoms with Gasteiger partial charge in [-0.2, -0.15) is 0 Å². The molecule has 3 aromatic rings. The predicted molar refractivity (Wildman–Crippen MR) is 90.1 cm³/mol. The summed E-state index contributed by atoms with van der Waals surface area (Å²) in [6, 6.07) is 6.04. The molecule has 130 valence electrons. The van der Waals surface area contributed by atoms with Crippen LogP contribution in [0.5, 0.6) is 5.75 Å².